The third-order valence-electron chi connectivity index (χ3n) is 4.40. The highest BCUT2D eigenvalue weighted by Crippen LogP contribution is 2.41. The molecule has 2 aromatic rings. The van der Waals surface area contributed by atoms with E-state index < -0.39 is 0 Å². The Morgan fingerprint density at radius 2 is 2.00 bits per heavy atom. The monoisotopic (exact) mass is 378 g/mol. The minimum atomic E-state index is -0.344. The Labute approximate surface area is 143 Å². The summed E-state index contributed by atoms with van der Waals surface area (Å²) in [6.07, 6.45) is 6.74. The molecule has 0 unspecified atom stereocenters. The molecule has 1 aliphatic rings. The van der Waals surface area contributed by atoms with Crippen LogP contribution in [0.25, 0.3) is 0 Å². The molecule has 5 heteroatoms. The van der Waals surface area contributed by atoms with Crippen molar-refractivity contribution in [1.82, 2.24) is 10.3 Å². The molecule has 1 amide bonds. The summed E-state index contributed by atoms with van der Waals surface area (Å²) in [6, 6.07) is 8.21. The second-order valence-corrected chi connectivity index (χ2v) is 7.62. The molecule has 116 valence electrons. The number of thiazole rings is 1. The maximum atomic E-state index is 12.8. The van der Waals surface area contributed by atoms with Crippen LogP contribution in [0.3, 0.4) is 0 Å². The molecule has 1 aromatic carbocycles. The van der Waals surface area contributed by atoms with E-state index in [1.165, 1.54) is 0 Å². The number of hydrogen-bond donors (Lipinski definition) is 1. The highest BCUT2D eigenvalue weighted by atomic mass is 79.9. The van der Waals surface area contributed by atoms with Gasteiger partial charge in [0.2, 0.25) is 5.91 Å². The number of nitrogens with one attached hydrogen (secondary N) is 1. The lowest BCUT2D eigenvalue weighted by atomic mass is 9.78. The molecule has 0 spiro atoms. The van der Waals surface area contributed by atoms with Gasteiger partial charge in [0.05, 0.1) is 10.4 Å². The Bertz CT molecular complexity index is 619. The Kier molecular flexibility index (Phi) is 4.93. The molecule has 1 aliphatic carbocycles. The van der Waals surface area contributed by atoms with Crippen LogP contribution in [0.2, 0.25) is 0 Å². The Morgan fingerprint density at radius 1 is 1.27 bits per heavy atom. The van der Waals surface area contributed by atoms with E-state index in [2.05, 4.69) is 38.4 Å². The number of amides is 1. The van der Waals surface area contributed by atoms with Crippen LogP contribution in [0, 0.1) is 0 Å². The van der Waals surface area contributed by atoms with Gasteiger partial charge in [0.1, 0.15) is 0 Å². The van der Waals surface area contributed by atoms with E-state index in [1.807, 2.05) is 23.7 Å². The average Bonchev–Trinajstić information content (AvgIpc) is 3.20. The quantitative estimate of drug-likeness (QED) is 0.851. The molecule has 1 aromatic heterocycles. The number of halogens is 1. The van der Waals surface area contributed by atoms with Crippen LogP contribution in [0.5, 0.6) is 0 Å². The van der Waals surface area contributed by atoms with Gasteiger partial charge in [0.15, 0.2) is 0 Å². The largest absolute Gasteiger partial charge is 0.355 e. The van der Waals surface area contributed by atoms with Gasteiger partial charge in [-0.1, -0.05) is 40.9 Å². The van der Waals surface area contributed by atoms with E-state index in [9.17, 15) is 4.79 Å². The fraction of sp³-hybridized carbons (Fsp3) is 0.412. The average molecular weight is 379 g/mol. The normalized spacial score (nSPS) is 16.6. The van der Waals surface area contributed by atoms with E-state index >= 15 is 0 Å². The lowest BCUT2D eigenvalue weighted by Crippen LogP contribution is -2.43. The van der Waals surface area contributed by atoms with Crippen LogP contribution in [0.4, 0.5) is 0 Å². The van der Waals surface area contributed by atoms with E-state index in [-0.39, 0.29) is 11.3 Å². The predicted octanol–water partition coefficient (Wildman–Crippen LogP) is 4.08. The fourth-order valence-electron chi connectivity index (χ4n) is 3.22. The SMILES string of the molecule is O=C(NCCc1nccs1)C1(c2ccc(Br)cc2)CCCC1. The van der Waals surface area contributed by atoms with Crippen molar-refractivity contribution < 1.29 is 4.79 Å². The van der Waals surface area contributed by atoms with Crippen LogP contribution in [-0.2, 0) is 16.6 Å². The second kappa shape index (κ2) is 6.92. The molecule has 3 rings (SSSR count). The van der Waals surface area contributed by atoms with Crippen LogP contribution in [0.1, 0.15) is 36.3 Å². The maximum absolute atomic E-state index is 12.8. The van der Waals surface area contributed by atoms with E-state index in [0.717, 1.165) is 47.1 Å². The summed E-state index contributed by atoms with van der Waals surface area (Å²) in [5.41, 5.74) is 0.795. The number of nitrogens with zero attached hydrogens (tertiary/aromatic N) is 1. The number of rotatable bonds is 5. The summed E-state index contributed by atoms with van der Waals surface area (Å²) < 4.78 is 1.05. The molecule has 1 heterocycles. The third kappa shape index (κ3) is 3.25. The first-order valence-corrected chi connectivity index (χ1v) is 9.31. The smallest absolute Gasteiger partial charge is 0.230 e. The Morgan fingerprint density at radius 3 is 2.64 bits per heavy atom. The molecule has 1 saturated carbocycles. The molecular weight excluding hydrogens is 360 g/mol. The van der Waals surface area contributed by atoms with Crippen molar-refractivity contribution in [2.45, 2.75) is 37.5 Å². The van der Waals surface area contributed by atoms with Crippen molar-refractivity contribution in [3.63, 3.8) is 0 Å². The van der Waals surface area contributed by atoms with Crippen LogP contribution >= 0.6 is 27.3 Å². The topological polar surface area (TPSA) is 42.0 Å². The highest BCUT2D eigenvalue weighted by Gasteiger charge is 2.42. The van der Waals surface area contributed by atoms with Gasteiger partial charge >= 0.3 is 0 Å². The zero-order valence-corrected chi connectivity index (χ0v) is 14.8. The Hall–Kier alpha value is -1.20. The van der Waals surface area contributed by atoms with Crippen molar-refractivity contribution >= 4 is 33.2 Å². The minimum Gasteiger partial charge on any atom is -0.355 e. The summed E-state index contributed by atoms with van der Waals surface area (Å²) in [7, 11) is 0. The molecule has 1 N–H and O–H groups in total. The van der Waals surface area contributed by atoms with Crippen molar-refractivity contribution in [3.8, 4) is 0 Å². The number of carbonyl (C=O) groups is 1. The van der Waals surface area contributed by atoms with Gasteiger partial charge < -0.3 is 5.32 Å². The molecule has 22 heavy (non-hydrogen) atoms. The molecule has 0 atom stereocenters. The summed E-state index contributed by atoms with van der Waals surface area (Å²) >= 11 is 5.10. The van der Waals surface area contributed by atoms with Gasteiger partial charge in [-0.25, -0.2) is 4.98 Å². The van der Waals surface area contributed by atoms with Crippen LogP contribution in [-0.4, -0.2) is 17.4 Å². The number of carbonyl (C=O) groups excluding carboxylic acids is 1. The second-order valence-electron chi connectivity index (χ2n) is 5.73. The third-order valence-corrected chi connectivity index (χ3v) is 5.76. The summed E-state index contributed by atoms with van der Waals surface area (Å²) in [5.74, 6) is 0.170. The van der Waals surface area contributed by atoms with Crippen molar-refractivity contribution in [3.05, 3.63) is 50.9 Å². The van der Waals surface area contributed by atoms with Gasteiger partial charge in [0, 0.05) is 29.0 Å². The first-order chi connectivity index (χ1) is 10.7. The lowest BCUT2D eigenvalue weighted by Gasteiger charge is -2.28. The Balaban J connectivity index is 1.70. The summed E-state index contributed by atoms with van der Waals surface area (Å²) in [5, 5.41) is 6.18. The number of benzene rings is 1. The zero-order chi connectivity index (χ0) is 15.4. The first kappa shape index (κ1) is 15.7. The number of aromatic nitrogens is 1. The van der Waals surface area contributed by atoms with Gasteiger partial charge in [0.25, 0.3) is 0 Å². The van der Waals surface area contributed by atoms with Crippen molar-refractivity contribution in [1.29, 1.82) is 0 Å². The van der Waals surface area contributed by atoms with Crippen LogP contribution < -0.4 is 5.32 Å². The maximum Gasteiger partial charge on any atom is 0.230 e. The zero-order valence-electron chi connectivity index (χ0n) is 12.3. The van der Waals surface area contributed by atoms with Gasteiger partial charge in [-0.3, -0.25) is 4.79 Å². The number of hydrogen-bond acceptors (Lipinski definition) is 3. The lowest BCUT2D eigenvalue weighted by molar-refractivity contribution is -0.126. The summed E-state index contributed by atoms with van der Waals surface area (Å²) in [4.78, 5) is 17.1. The fourth-order valence-corrected chi connectivity index (χ4v) is 4.11. The van der Waals surface area contributed by atoms with Crippen molar-refractivity contribution in [2.24, 2.45) is 0 Å². The summed E-state index contributed by atoms with van der Waals surface area (Å²) in [6.45, 7) is 0.657. The minimum absolute atomic E-state index is 0.170. The van der Waals surface area contributed by atoms with Gasteiger partial charge in [-0.2, -0.15) is 0 Å². The molecule has 0 radical (unpaired) electrons. The standard InChI is InChI=1S/C17H19BrN2OS/c18-14-5-3-13(4-6-14)17(8-1-2-9-17)16(21)20-10-7-15-19-11-12-22-15/h3-6,11-12H,1-2,7-10H2,(H,20,21). The highest BCUT2D eigenvalue weighted by molar-refractivity contribution is 9.10. The van der Waals surface area contributed by atoms with Gasteiger partial charge in [-0.15, -0.1) is 11.3 Å². The van der Waals surface area contributed by atoms with E-state index in [1.54, 1.807) is 11.3 Å². The molecule has 0 aliphatic heterocycles. The van der Waals surface area contributed by atoms with E-state index in [0.29, 0.717) is 6.54 Å². The molecular formula is C17H19BrN2OS. The molecule has 0 bridgehead atoms. The first-order valence-electron chi connectivity index (χ1n) is 7.63. The van der Waals surface area contributed by atoms with E-state index in [4.69, 9.17) is 0 Å². The molecule has 1 fully saturated rings. The van der Waals surface area contributed by atoms with Crippen LogP contribution in [0.15, 0.2) is 40.3 Å². The molecule has 0 saturated heterocycles. The predicted molar refractivity (Wildman–Crippen MR) is 93.1 cm³/mol. The van der Waals surface area contributed by atoms with Crippen molar-refractivity contribution in [2.75, 3.05) is 6.54 Å². The van der Waals surface area contributed by atoms with Gasteiger partial charge in [-0.05, 0) is 30.5 Å². The molecule has 3 nitrogen and oxygen atoms in total.